The van der Waals surface area contributed by atoms with Gasteiger partial charge in [0.2, 0.25) is 0 Å². The van der Waals surface area contributed by atoms with Crippen molar-refractivity contribution >= 4 is 12.0 Å². The van der Waals surface area contributed by atoms with Crippen LogP contribution in [0.4, 0.5) is 4.39 Å². The molecule has 0 bridgehead atoms. The van der Waals surface area contributed by atoms with Gasteiger partial charge in [-0.2, -0.15) is 0 Å². The molecule has 1 aromatic heterocycles. The number of carbonyl (C=O) groups is 1. The number of rotatable bonds is 12. The highest BCUT2D eigenvalue weighted by atomic mass is 19.1. The van der Waals surface area contributed by atoms with Crippen LogP contribution in [0.25, 0.3) is 17.3 Å². The minimum atomic E-state index is -1.03. The molecule has 0 radical (unpaired) electrons. The number of aromatic nitrogens is 1. The molecule has 0 fully saturated rings. The van der Waals surface area contributed by atoms with Crippen LogP contribution in [0.1, 0.15) is 81.7 Å². The second-order valence-electron chi connectivity index (χ2n) is 9.20. The van der Waals surface area contributed by atoms with E-state index in [-0.39, 0.29) is 30.5 Å². The zero-order valence-corrected chi connectivity index (χ0v) is 21.5. The maximum atomic E-state index is 13.7. The SMILES string of the molecule is CCOCc1c(C(C)C)nc(-c2ccc(F)cc2)c(/C=C/C(O)CC(O)CC(=O)OC)c1C(C)C. The predicted molar refractivity (Wildman–Crippen MR) is 135 cm³/mol. The molecule has 2 aromatic rings. The van der Waals surface area contributed by atoms with Crippen molar-refractivity contribution in [2.45, 2.75) is 78.1 Å². The molecule has 2 unspecified atom stereocenters. The third kappa shape index (κ3) is 7.95. The number of esters is 1. The van der Waals surface area contributed by atoms with Gasteiger partial charge in [-0.3, -0.25) is 9.78 Å². The number of hydrogen-bond donors (Lipinski definition) is 2. The number of aliphatic hydroxyl groups is 2. The zero-order chi connectivity index (χ0) is 26.1. The number of methoxy groups -OCH3 is 1. The smallest absolute Gasteiger partial charge is 0.308 e. The third-order valence-corrected chi connectivity index (χ3v) is 5.73. The number of halogens is 1. The lowest BCUT2D eigenvalue weighted by molar-refractivity contribution is -0.143. The van der Waals surface area contributed by atoms with Crippen LogP contribution in [0.15, 0.2) is 30.3 Å². The molecule has 1 aromatic carbocycles. The van der Waals surface area contributed by atoms with E-state index in [0.29, 0.717) is 18.9 Å². The van der Waals surface area contributed by atoms with Crippen molar-refractivity contribution < 1.29 is 28.9 Å². The van der Waals surface area contributed by atoms with Crippen LogP contribution >= 0.6 is 0 Å². The Kier molecular flexibility index (Phi) is 11.0. The Morgan fingerprint density at radius 2 is 1.77 bits per heavy atom. The van der Waals surface area contributed by atoms with Gasteiger partial charge in [0.15, 0.2) is 0 Å². The van der Waals surface area contributed by atoms with E-state index in [9.17, 15) is 19.4 Å². The Balaban J connectivity index is 2.63. The molecular formula is C28H38FNO5. The zero-order valence-electron chi connectivity index (χ0n) is 21.5. The summed E-state index contributed by atoms with van der Waals surface area (Å²) in [5.74, 6) is -0.614. The summed E-state index contributed by atoms with van der Waals surface area (Å²) in [7, 11) is 1.25. The average molecular weight is 488 g/mol. The van der Waals surface area contributed by atoms with Crippen LogP contribution < -0.4 is 0 Å². The summed E-state index contributed by atoms with van der Waals surface area (Å²) in [4.78, 5) is 16.4. The van der Waals surface area contributed by atoms with E-state index in [1.165, 1.54) is 19.2 Å². The first-order chi connectivity index (χ1) is 16.6. The lowest BCUT2D eigenvalue weighted by Gasteiger charge is -2.24. The lowest BCUT2D eigenvalue weighted by Crippen LogP contribution is -2.20. The fourth-order valence-electron chi connectivity index (χ4n) is 4.09. The normalized spacial score (nSPS) is 13.6. The molecule has 0 saturated heterocycles. The topological polar surface area (TPSA) is 88.9 Å². The largest absolute Gasteiger partial charge is 0.469 e. The predicted octanol–water partition coefficient (Wildman–Crippen LogP) is 5.36. The fourth-order valence-corrected chi connectivity index (χ4v) is 4.09. The summed E-state index contributed by atoms with van der Waals surface area (Å²) in [6.07, 6.45) is 1.17. The Labute approximate surface area is 207 Å². The number of hydrogen-bond acceptors (Lipinski definition) is 6. The Morgan fingerprint density at radius 1 is 1.11 bits per heavy atom. The Morgan fingerprint density at radius 3 is 2.31 bits per heavy atom. The van der Waals surface area contributed by atoms with Crippen molar-refractivity contribution in [2.75, 3.05) is 13.7 Å². The molecule has 0 aliphatic heterocycles. The molecule has 6 nitrogen and oxygen atoms in total. The number of ether oxygens (including phenoxy) is 2. The molecule has 0 saturated carbocycles. The molecule has 35 heavy (non-hydrogen) atoms. The average Bonchev–Trinajstić information content (AvgIpc) is 2.80. The number of carbonyl (C=O) groups excluding carboxylic acids is 1. The highest BCUT2D eigenvalue weighted by molar-refractivity contribution is 5.76. The first-order valence-electron chi connectivity index (χ1n) is 12.1. The molecule has 2 N–H and O–H groups in total. The van der Waals surface area contributed by atoms with Crippen LogP contribution in [0.2, 0.25) is 0 Å². The summed E-state index contributed by atoms with van der Waals surface area (Å²) in [5, 5.41) is 20.7. The summed E-state index contributed by atoms with van der Waals surface area (Å²) in [6, 6.07) is 6.20. The molecule has 2 rings (SSSR count). The fraction of sp³-hybridized carbons (Fsp3) is 0.500. The van der Waals surface area contributed by atoms with Crippen molar-refractivity contribution in [1.29, 1.82) is 0 Å². The molecule has 0 aliphatic rings. The van der Waals surface area contributed by atoms with Crippen molar-refractivity contribution in [2.24, 2.45) is 0 Å². The van der Waals surface area contributed by atoms with E-state index in [4.69, 9.17) is 9.72 Å². The van der Waals surface area contributed by atoms with E-state index >= 15 is 0 Å². The summed E-state index contributed by atoms with van der Waals surface area (Å²) < 4.78 is 24.1. The van der Waals surface area contributed by atoms with Gasteiger partial charge in [-0.25, -0.2) is 4.39 Å². The van der Waals surface area contributed by atoms with E-state index in [0.717, 1.165) is 27.9 Å². The van der Waals surface area contributed by atoms with Gasteiger partial charge < -0.3 is 19.7 Å². The van der Waals surface area contributed by atoms with Gasteiger partial charge in [-0.15, -0.1) is 0 Å². The second kappa shape index (κ2) is 13.5. The lowest BCUT2D eigenvalue weighted by atomic mass is 9.86. The third-order valence-electron chi connectivity index (χ3n) is 5.73. The highest BCUT2D eigenvalue weighted by Crippen LogP contribution is 2.37. The van der Waals surface area contributed by atoms with E-state index in [1.54, 1.807) is 24.3 Å². The van der Waals surface area contributed by atoms with E-state index < -0.39 is 18.2 Å². The van der Waals surface area contributed by atoms with Crippen LogP contribution in [0, 0.1) is 5.82 Å². The maximum absolute atomic E-state index is 13.7. The van der Waals surface area contributed by atoms with Crippen molar-refractivity contribution in [1.82, 2.24) is 4.98 Å². The molecule has 7 heteroatoms. The van der Waals surface area contributed by atoms with Crippen LogP contribution in [0.3, 0.4) is 0 Å². The van der Waals surface area contributed by atoms with Crippen LogP contribution in [-0.4, -0.2) is 47.1 Å². The summed E-state index contributed by atoms with van der Waals surface area (Å²) in [6.45, 7) is 11.3. The maximum Gasteiger partial charge on any atom is 0.308 e. The van der Waals surface area contributed by atoms with Gasteiger partial charge in [0.1, 0.15) is 5.82 Å². The van der Waals surface area contributed by atoms with Gasteiger partial charge in [0.05, 0.1) is 38.0 Å². The number of aliphatic hydroxyl groups excluding tert-OH is 2. The Bertz CT molecular complexity index is 1000. The van der Waals surface area contributed by atoms with Gasteiger partial charge >= 0.3 is 5.97 Å². The van der Waals surface area contributed by atoms with Crippen LogP contribution in [-0.2, 0) is 20.9 Å². The van der Waals surface area contributed by atoms with Crippen molar-refractivity contribution in [3.63, 3.8) is 0 Å². The molecule has 0 spiro atoms. The molecular weight excluding hydrogens is 449 g/mol. The second-order valence-corrected chi connectivity index (χ2v) is 9.20. The number of nitrogens with zero attached hydrogens (tertiary/aromatic N) is 1. The monoisotopic (exact) mass is 487 g/mol. The van der Waals surface area contributed by atoms with Gasteiger partial charge in [-0.1, -0.05) is 39.8 Å². The van der Waals surface area contributed by atoms with Crippen molar-refractivity contribution in [3.8, 4) is 11.3 Å². The molecule has 192 valence electrons. The van der Waals surface area contributed by atoms with Gasteiger partial charge in [0.25, 0.3) is 0 Å². The quantitative estimate of drug-likeness (QED) is 0.392. The minimum absolute atomic E-state index is 0.0161. The highest BCUT2D eigenvalue weighted by Gasteiger charge is 2.23. The Hall–Kier alpha value is -2.61. The van der Waals surface area contributed by atoms with E-state index in [2.05, 4.69) is 32.4 Å². The molecule has 0 amide bonds. The molecule has 2 atom stereocenters. The van der Waals surface area contributed by atoms with Gasteiger partial charge in [0, 0.05) is 35.4 Å². The van der Waals surface area contributed by atoms with Crippen molar-refractivity contribution in [3.05, 3.63) is 58.5 Å². The molecule has 1 heterocycles. The first kappa shape index (κ1) is 28.6. The van der Waals surface area contributed by atoms with E-state index in [1.807, 2.05) is 6.92 Å². The van der Waals surface area contributed by atoms with Crippen LogP contribution in [0.5, 0.6) is 0 Å². The standard InChI is InChI=1S/C28H38FNO5/c1-7-35-16-24-26(17(2)3)23(13-12-21(31)14-22(32)15-25(33)34-6)28(30-27(24)18(4)5)19-8-10-20(29)11-9-19/h8-13,17-18,21-22,31-32H,7,14-16H2,1-6H3/b13-12+. The minimum Gasteiger partial charge on any atom is -0.469 e. The summed E-state index contributed by atoms with van der Waals surface area (Å²) >= 11 is 0. The first-order valence-corrected chi connectivity index (χ1v) is 12.1. The van der Waals surface area contributed by atoms with Gasteiger partial charge in [-0.05, 0) is 48.6 Å². The summed E-state index contributed by atoms with van der Waals surface area (Å²) in [5.41, 5.74) is 5.26. The molecule has 0 aliphatic carbocycles. The number of benzene rings is 1. The number of pyridine rings is 1.